The molecular formula is C22H21ClFN3O4. The van der Waals surface area contributed by atoms with Crippen molar-refractivity contribution in [3.8, 4) is 11.5 Å². The lowest BCUT2D eigenvalue weighted by Gasteiger charge is -2.20. The van der Waals surface area contributed by atoms with E-state index in [2.05, 4.69) is 15.3 Å². The predicted molar refractivity (Wildman–Crippen MR) is 114 cm³/mol. The third-order valence-electron chi connectivity index (χ3n) is 5.25. The molecule has 2 aliphatic rings. The molecule has 2 aliphatic heterocycles. The first kappa shape index (κ1) is 20.2. The Morgan fingerprint density at radius 3 is 2.32 bits per heavy atom. The van der Waals surface area contributed by atoms with Gasteiger partial charge in [-0.05, 0) is 24.3 Å². The number of halogens is 2. The molecule has 0 radical (unpaired) electrons. The number of nitrogens with zero attached hydrogens (tertiary/aromatic N) is 2. The molecule has 2 atom stereocenters. The maximum absolute atomic E-state index is 13.5. The molecule has 31 heavy (non-hydrogen) atoms. The number of benzene rings is 2. The highest BCUT2D eigenvalue weighted by molar-refractivity contribution is 6.31. The molecule has 0 spiro atoms. The van der Waals surface area contributed by atoms with Crippen LogP contribution in [0.4, 0.5) is 15.9 Å². The average molecular weight is 446 g/mol. The van der Waals surface area contributed by atoms with E-state index in [1.807, 2.05) is 12.1 Å². The highest BCUT2D eigenvalue weighted by Crippen LogP contribution is 2.37. The standard InChI is InChI=1S/C22H21ClFN3O4/c23-17-7-13(1-2-18(17)24)27-22-16-8-20(30-14-3-5-28-10-14)21(9-19(16)25-12-26-22)31-15-4-6-29-11-15/h1-2,7-9,12,14-15H,3-6,10-11H2,(H,25,26,27)/t14-,15-/m1/s1. The lowest BCUT2D eigenvalue weighted by molar-refractivity contribution is 0.123. The first-order chi connectivity index (χ1) is 15.2. The summed E-state index contributed by atoms with van der Waals surface area (Å²) < 4.78 is 36.8. The highest BCUT2D eigenvalue weighted by Gasteiger charge is 2.24. The fourth-order valence-corrected chi connectivity index (χ4v) is 3.81. The van der Waals surface area contributed by atoms with Crippen LogP contribution in [0.1, 0.15) is 12.8 Å². The minimum Gasteiger partial charge on any atom is -0.484 e. The molecule has 2 aromatic carbocycles. The molecule has 1 aromatic heterocycles. The molecule has 1 N–H and O–H groups in total. The first-order valence-electron chi connectivity index (χ1n) is 10.2. The van der Waals surface area contributed by atoms with Gasteiger partial charge >= 0.3 is 0 Å². The molecule has 5 rings (SSSR count). The number of ether oxygens (including phenoxy) is 4. The molecule has 3 aromatic rings. The van der Waals surface area contributed by atoms with Gasteiger partial charge in [-0.2, -0.15) is 0 Å². The number of hydrogen-bond donors (Lipinski definition) is 1. The lowest BCUT2D eigenvalue weighted by Crippen LogP contribution is -2.19. The number of hydrogen-bond acceptors (Lipinski definition) is 7. The quantitative estimate of drug-likeness (QED) is 0.598. The Labute approximate surface area is 183 Å². The van der Waals surface area contributed by atoms with E-state index >= 15 is 0 Å². The Balaban J connectivity index is 1.51. The molecule has 0 amide bonds. The zero-order chi connectivity index (χ0) is 21.2. The molecule has 9 heteroatoms. The van der Waals surface area contributed by atoms with Gasteiger partial charge in [0.2, 0.25) is 0 Å². The van der Waals surface area contributed by atoms with Gasteiger partial charge in [-0.15, -0.1) is 0 Å². The fourth-order valence-electron chi connectivity index (χ4n) is 3.63. The van der Waals surface area contributed by atoms with Crippen molar-refractivity contribution in [2.45, 2.75) is 25.0 Å². The third-order valence-corrected chi connectivity index (χ3v) is 5.54. The van der Waals surface area contributed by atoms with Crippen molar-refractivity contribution in [1.82, 2.24) is 9.97 Å². The molecule has 2 fully saturated rings. The van der Waals surface area contributed by atoms with Crippen molar-refractivity contribution < 1.29 is 23.3 Å². The Bertz CT molecular complexity index is 1090. The van der Waals surface area contributed by atoms with Crippen molar-refractivity contribution in [3.63, 3.8) is 0 Å². The summed E-state index contributed by atoms with van der Waals surface area (Å²) in [6.07, 6.45) is 3.03. The van der Waals surface area contributed by atoms with Gasteiger partial charge in [-0.1, -0.05) is 11.6 Å². The van der Waals surface area contributed by atoms with Gasteiger partial charge in [0.05, 0.1) is 37.0 Å². The fraction of sp³-hybridized carbons (Fsp3) is 0.364. The molecule has 0 aliphatic carbocycles. The van der Waals surface area contributed by atoms with E-state index in [1.54, 1.807) is 6.07 Å². The normalized spacial score (nSPS) is 20.8. The zero-order valence-corrected chi connectivity index (χ0v) is 17.4. The van der Waals surface area contributed by atoms with Crippen LogP contribution in [0.15, 0.2) is 36.7 Å². The van der Waals surface area contributed by atoms with Gasteiger partial charge < -0.3 is 24.3 Å². The number of rotatable bonds is 6. The Morgan fingerprint density at radius 1 is 0.968 bits per heavy atom. The van der Waals surface area contributed by atoms with Crippen LogP contribution in [-0.2, 0) is 9.47 Å². The molecule has 0 saturated carbocycles. The lowest BCUT2D eigenvalue weighted by atomic mass is 10.2. The Morgan fingerprint density at radius 2 is 1.68 bits per heavy atom. The Hall–Kier alpha value is -2.68. The largest absolute Gasteiger partial charge is 0.484 e. The summed E-state index contributed by atoms with van der Waals surface area (Å²) in [5.41, 5.74) is 1.30. The van der Waals surface area contributed by atoms with E-state index in [0.29, 0.717) is 54.9 Å². The number of aromatic nitrogens is 2. The molecule has 162 valence electrons. The van der Waals surface area contributed by atoms with Crippen molar-refractivity contribution in [1.29, 1.82) is 0 Å². The average Bonchev–Trinajstić information content (AvgIpc) is 3.46. The third kappa shape index (κ3) is 4.51. The predicted octanol–water partition coefficient (Wildman–Crippen LogP) is 4.50. The monoisotopic (exact) mass is 445 g/mol. The molecule has 2 saturated heterocycles. The molecule has 3 heterocycles. The maximum atomic E-state index is 13.5. The molecule has 7 nitrogen and oxygen atoms in total. The Kier molecular flexibility index (Phi) is 5.76. The van der Waals surface area contributed by atoms with E-state index < -0.39 is 5.82 Å². The van der Waals surface area contributed by atoms with Crippen LogP contribution in [0.2, 0.25) is 5.02 Å². The van der Waals surface area contributed by atoms with Crippen molar-refractivity contribution in [3.05, 3.63) is 47.5 Å². The van der Waals surface area contributed by atoms with Gasteiger partial charge in [-0.3, -0.25) is 0 Å². The highest BCUT2D eigenvalue weighted by atomic mass is 35.5. The number of anilines is 2. The first-order valence-corrected chi connectivity index (χ1v) is 10.5. The maximum Gasteiger partial charge on any atom is 0.163 e. The van der Waals surface area contributed by atoms with Crippen LogP contribution in [0.3, 0.4) is 0 Å². The van der Waals surface area contributed by atoms with Crippen LogP contribution in [0.5, 0.6) is 11.5 Å². The molecular weight excluding hydrogens is 425 g/mol. The molecule has 0 unspecified atom stereocenters. The summed E-state index contributed by atoms with van der Waals surface area (Å²) in [6, 6.07) is 8.13. The van der Waals surface area contributed by atoms with Crippen LogP contribution < -0.4 is 14.8 Å². The van der Waals surface area contributed by atoms with Gasteiger partial charge in [-0.25, -0.2) is 14.4 Å². The summed E-state index contributed by atoms with van der Waals surface area (Å²) in [5.74, 6) is 1.29. The summed E-state index contributed by atoms with van der Waals surface area (Å²) in [6.45, 7) is 2.44. The SMILES string of the molecule is Fc1ccc(Nc2ncnc3cc(O[C@@H]4CCOC4)c(O[C@@H]4CCOC4)cc23)cc1Cl. The second-order valence-corrected chi connectivity index (χ2v) is 7.91. The number of nitrogens with one attached hydrogen (secondary N) is 1. The second kappa shape index (κ2) is 8.82. The van der Waals surface area contributed by atoms with Crippen LogP contribution in [0.25, 0.3) is 10.9 Å². The summed E-state index contributed by atoms with van der Waals surface area (Å²) in [7, 11) is 0. The summed E-state index contributed by atoms with van der Waals surface area (Å²) in [5, 5.41) is 3.96. The zero-order valence-electron chi connectivity index (χ0n) is 16.6. The van der Waals surface area contributed by atoms with Gasteiger partial charge in [0.1, 0.15) is 30.2 Å². The van der Waals surface area contributed by atoms with Crippen molar-refractivity contribution in [2.75, 3.05) is 31.7 Å². The second-order valence-electron chi connectivity index (χ2n) is 7.50. The van der Waals surface area contributed by atoms with E-state index in [-0.39, 0.29) is 17.2 Å². The minimum absolute atomic E-state index is 0.0274. The molecule has 0 bridgehead atoms. The van der Waals surface area contributed by atoms with Crippen LogP contribution >= 0.6 is 11.6 Å². The smallest absolute Gasteiger partial charge is 0.163 e. The summed E-state index contributed by atoms with van der Waals surface area (Å²) >= 11 is 5.91. The van der Waals surface area contributed by atoms with E-state index in [0.717, 1.165) is 18.2 Å². The van der Waals surface area contributed by atoms with Crippen LogP contribution in [0, 0.1) is 5.82 Å². The van der Waals surface area contributed by atoms with Gasteiger partial charge in [0, 0.05) is 30.0 Å². The van der Waals surface area contributed by atoms with Crippen molar-refractivity contribution >= 4 is 34.0 Å². The van der Waals surface area contributed by atoms with E-state index in [1.165, 1.54) is 18.5 Å². The number of fused-ring (bicyclic) bond motifs is 1. The van der Waals surface area contributed by atoms with Crippen LogP contribution in [-0.4, -0.2) is 48.6 Å². The van der Waals surface area contributed by atoms with E-state index in [9.17, 15) is 4.39 Å². The minimum atomic E-state index is -0.480. The topological polar surface area (TPSA) is 74.7 Å². The van der Waals surface area contributed by atoms with Gasteiger partial charge in [0.15, 0.2) is 11.5 Å². The van der Waals surface area contributed by atoms with Gasteiger partial charge in [0.25, 0.3) is 0 Å². The van der Waals surface area contributed by atoms with E-state index in [4.69, 9.17) is 30.5 Å². The summed E-state index contributed by atoms with van der Waals surface area (Å²) in [4.78, 5) is 8.75. The van der Waals surface area contributed by atoms with Crippen molar-refractivity contribution in [2.24, 2.45) is 0 Å².